The van der Waals surface area contributed by atoms with E-state index in [0.717, 1.165) is 5.69 Å². The van der Waals surface area contributed by atoms with Gasteiger partial charge >= 0.3 is 0 Å². The lowest BCUT2D eigenvalue weighted by Gasteiger charge is -2.15. The summed E-state index contributed by atoms with van der Waals surface area (Å²) >= 11 is 0. The van der Waals surface area contributed by atoms with Gasteiger partial charge in [0.25, 0.3) is 5.91 Å². The molecule has 9 heteroatoms. The van der Waals surface area contributed by atoms with Gasteiger partial charge in [0.2, 0.25) is 6.79 Å². The van der Waals surface area contributed by atoms with E-state index in [1.165, 1.54) is 0 Å². The number of carbonyl (C=O) groups excluding carboxylic acids is 1. The zero-order valence-corrected chi connectivity index (χ0v) is 14.5. The maximum Gasteiger partial charge on any atom is 0.261 e. The normalized spacial score (nSPS) is 13.2. The number of amides is 1. The summed E-state index contributed by atoms with van der Waals surface area (Å²) < 4.78 is 17.8. The molecule has 1 aromatic heterocycles. The van der Waals surface area contributed by atoms with Crippen LogP contribution in [0.2, 0.25) is 0 Å². The van der Waals surface area contributed by atoms with E-state index in [1.807, 2.05) is 30.3 Å². The Morgan fingerprint density at radius 3 is 2.89 bits per heavy atom. The number of rotatable bonds is 6. The van der Waals surface area contributed by atoms with Crippen LogP contribution in [0, 0.1) is 0 Å². The molecule has 1 atom stereocenters. The average Bonchev–Trinajstić information content (AvgIpc) is 3.35. The summed E-state index contributed by atoms with van der Waals surface area (Å²) in [6.45, 7) is 2.03. The Morgan fingerprint density at radius 2 is 2.04 bits per heavy atom. The summed E-state index contributed by atoms with van der Waals surface area (Å²) in [6.07, 6.45) is -0.702. The SMILES string of the molecule is C[C@@H](Oc1ccc2c(c1)OCO2)C(=O)NCc1nnnn1-c1ccccc1. The van der Waals surface area contributed by atoms with Gasteiger partial charge in [-0.3, -0.25) is 4.79 Å². The zero-order chi connectivity index (χ0) is 18.6. The fraction of sp³-hybridized carbons (Fsp3) is 0.222. The lowest BCUT2D eigenvalue weighted by molar-refractivity contribution is -0.127. The van der Waals surface area contributed by atoms with Gasteiger partial charge in [0, 0.05) is 6.07 Å². The van der Waals surface area contributed by atoms with E-state index in [4.69, 9.17) is 14.2 Å². The lowest BCUT2D eigenvalue weighted by Crippen LogP contribution is -2.36. The van der Waals surface area contributed by atoms with Gasteiger partial charge in [0.1, 0.15) is 5.75 Å². The lowest BCUT2D eigenvalue weighted by atomic mass is 10.3. The summed E-state index contributed by atoms with van der Waals surface area (Å²) in [5.41, 5.74) is 0.816. The van der Waals surface area contributed by atoms with Crippen LogP contribution in [0.3, 0.4) is 0 Å². The number of tetrazole rings is 1. The van der Waals surface area contributed by atoms with Gasteiger partial charge in [0.15, 0.2) is 23.4 Å². The van der Waals surface area contributed by atoms with Gasteiger partial charge in [0.05, 0.1) is 12.2 Å². The van der Waals surface area contributed by atoms with Crippen molar-refractivity contribution in [1.29, 1.82) is 0 Å². The molecule has 27 heavy (non-hydrogen) atoms. The summed E-state index contributed by atoms with van der Waals surface area (Å²) in [6, 6.07) is 14.6. The predicted molar refractivity (Wildman–Crippen MR) is 93.7 cm³/mol. The van der Waals surface area contributed by atoms with Crippen molar-refractivity contribution in [2.75, 3.05) is 6.79 Å². The Hall–Kier alpha value is -3.62. The van der Waals surface area contributed by atoms with Crippen molar-refractivity contribution in [3.63, 3.8) is 0 Å². The molecule has 2 aromatic carbocycles. The first-order chi connectivity index (χ1) is 13.2. The minimum absolute atomic E-state index is 0.176. The molecule has 3 aromatic rings. The molecule has 0 radical (unpaired) electrons. The molecule has 4 rings (SSSR count). The van der Waals surface area contributed by atoms with Crippen LogP contribution in [0.4, 0.5) is 0 Å². The third kappa shape index (κ3) is 3.66. The largest absolute Gasteiger partial charge is 0.481 e. The molecular formula is C18H17N5O4. The molecule has 1 aliphatic rings. The molecule has 2 heterocycles. The number of hydrogen-bond acceptors (Lipinski definition) is 7. The van der Waals surface area contributed by atoms with Gasteiger partial charge in [-0.25, -0.2) is 0 Å². The van der Waals surface area contributed by atoms with Crippen LogP contribution in [0.15, 0.2) is 48.5 Å². The van der Waals surface area contributed by atoms with Crippen LogP contribution in [-0.4, -0.2) is 39.0 Å². The molecule has 0 unspecified atom stereocenters. The molecule has 1 aliphatic heterocycles. The topological polar surface area (TPSA) is 100 Å². The number of benzene rings is 2. The van der Waals surface area contributed by atoms with E-state index in [2.05, 4.69) is 20.8 Å². The number of nitrogens with one attached hydrogen (secondary N) is 1. The third-order valence-corrected chi connectivity index (χ3v) is 3.98. The van der Waals surface area contributed by atoms with Gasteiger partial charge in [-0.2, -0.15) is 4.68 Å². The van der Waals surface area contributed by atoms with Crippen molar-refractivity contribution < 1.29 is 19.0 Å². The standard InChI is InChI=1S/C18H17N5O4/c1-12(27-14-7-8-15-16(9-14)26-11-25-15)18(24)19-10-17-20-21-22-23(17)13-5-3-2-4-6-13/h2-9,12H,10-11H2,1H3,(H,19,24)/t12-/m1/s1. The van der Waals surface area contributed by atoms with Crippen LogP contribution in [0.25, 0.3) is 5.69 Å². The van der Waals surface area contributed by atoms with Crippen LogP contribution in [-0.2, 0) is 11.3 Å². The maximum absolute atomic E-state index is 12.4. The van der Waals surface area contributed by atoms with E-state index in [9.17, 15) is 4.79 Å². The van der Waals surface area contributed by atoms with E-state index < -0.39 is 6.10 Å². The highest BCUT2D eigenvalue weighted by atomic mass is 16.7. The number of aromatic nitrogens is 4. The van der Waals surface area contributed by atoms with Crippen molar-refractivity contribution in [2.45, 2.75) is 19.6 Å². The monoisotopic (exact) mass is 367 g/mol. The molecule has 0 fully saturated rings. The Labute approximate surface area is 154 Å². The molecular weight excluding hydrogens is 350 g/mol. The minimum atomic E-state index is -0.702. The fourth-order valence-electron chi connectivity index (χ4n) is 2.60. The van der Waals surface area contributed by atoms with Crippen LogP contribution in [0.1, 0.15) is 12.7 Å². The van der Waals surface area contributed by atoms with Gasteiger partial charge in [-0.15, -0.1) is 5.10 Å². The predicted octanol–water partition coefficient (Wildman–Crippen LogP) is 1.47. The third-order valence-electron chi connectivity index (χ3n) is 3.98. The summed E-state index contributed by atoms with van der Waals surface area (Å²) in [5.74, 6) is 2.02. The van der Waals surface area contributed by atoms with E-state index in [0.29, 0.717) is 23.1 Å². The van der Waals surface area contributed by atoms with Crippen molar-refractivity contribution in [3.8, 4) is 22.9 Å². The van der Waals surface area contributed by atoms with Gasteiger partial charge < -0.3 is 19.5 Å². The Balaban J connectivity index is 1.36. The molecule has 0 aliphatic carbocycles. The fourth-order valence-corrected chi connectivity index (χ4v) is 2.60. The van der Waals surface area contributed by atoms with E-state index >= 15 is 0 Å². The second kappa shape index (κ2) is 7.32. The highest BCUT2D eigenvalue weighted by Crippen LogP contribution is 2.35. The maximum atomic E-state index is 12.4. The van der Waals surface area contributed by atoms with Crippen molar-refractivity contribution >= 4 is 5.91 Å². The second-order valence-corrected chi connectivity index (χ2v) is 5.84. The van der Waals surface area contributed by atoms with Crippen molar-refractivity contribution in [3.05, 3.63) is 54.4 Å². The zero-order valence-electron chi connectivity index (χ0n) is 14.5. The first-order valence-corrected chi connectivity index (χ1v) is 8.37. The van der Waals surface area contributed by atoms with Gasteiger partial charge in [-0.1, -0.05) is 18.2 Å². The summed E-state index contributed by atoms with van der Waals surface area (Å²) in [5, 5.41) is 14.4. The first kappa shape index (κ1) is 16.8. The highest BCUT2D eigenvalue weighted by Gasteiger charge is 2.19. The molecule has 0 spiro atoms. The molecule has 1 amide bonds. The number of carbonyl (C=O) groups is 1. The smallest absolute Gasteiger partial charge is 0.261 e. The number of nitrogens with zero attached hydrogens (tertiary/aromatic N) is 4. The Morgan fingerprint density at radius 1 is 1.22 bits per heavy atom. The minimum Gasteiger partial charge on any atom is -0.481 e. The average molecular weight is 367 g/mol. The second-order valence-electron chi connectivity index (χ2n) is 5.84. The van der Waals surface area contributed by atoms with Crippen LogP contribution >= 0.6 is 0 Å². The Bertz CT molecular complexity index is 944. The summed E-state index contributed by atoms with van der Waals surface area (Å²) in [4.78, 5) is 12.4. The summed E-state index contributed by atoms with van der Waals surface area (Å²) in [7, 11) is 0. The van der Waals surface area contributed by atoms with Crippen molar-refractivity contribution in [2.24, 2.45) is 0 Å². The highest BCUT2D eigenvalue weighted by molar-refractivity contribution is 5.80. The molecule has 138 valence electrons. The van der Waals surface area contributed by atoms with Crippen LogP contribution in [0.5, 0.6) is 17.2 Å². The van der Waals surface area contributed by atoms with Crippen LogP contribution < -0.4 is 19.5 Å². The molecule has 1 N–H and O–H groups in total. The quantitative estimate of drug-likeness (QED) is 0.704. The molecule has 9 nitrogen and oxygen atoms in total. The number of fused-ring (bicyclic) bond motifs is 1. The number of ether oxygens (including phenoxy) is 3. The molecule has 0 bridgehead atoms. The number of hydrogen-bond donors (Lipinski definition) is 1. The van der Waals surface area contributed by atoms with E-state index in [-0.39, 0.29) is 19.2 Å². The number of para-hydroxylation sites is 1. The first-order valence-electron chi connectivity index (χ1n) is 8.37. The van der Waals surface area contributed by atoms with Crippen molar-refractivity contribution in [1.82, 2.24) is 25.5 Å². The molecule has 0 saturated carbocycles. The Kier molecular flexibility index (Phi) is 4.56. The molecule has 0 saturated heterocycles. The van der Waals surface area contributed by atoms with Gasteiger partial charge in [-0.05, 0) is 41.6 Å². The van der Waals surface area contributed by atoms with E-state index in [1.54, 1.807) is 29.8 Å².